The Morgan fingerprint density at radius 2 is 1.29 bits per heavy atom. The molecule has 0 aliphatic heterocycles. The SMILES string of the molecule is O=C(CCC(CC(=O)C(=O)[O-])C(=O)[O-])NCC(c1ccccc1)c1ccccc1.[Li+].[Li+]. The van der Waals surface area contributed by atoms with Crippen LogP contribution in [0.3, 0.4) is 0 Å². The molecule has 0 bridgehead atoms. The molecule has 0 radical (unpaired) electrons. The summed E-state index contributed by atoms with van der Waals surface area (Å²) in [6.45, 7) is 0.306. The minimum atomic E-state index is -1.95. The molecule has 0 heterocycles. The topological polar surface area (TPSA) is 126 Å². The van der Waals surface area contributed by atoms with Crippen LogP contribution in [0.5, 0.6) is 0 Å². The molecule has 152 valence electrons. The molecule has 1 unspecified atom stereocenters. The third-order valence-corrected chi connectivity index (χ3v) is 4.62. The molecule has 0 saturated heterocycles. The van der Waals surface area contributed by atoms with Crippen LogP contribution in [0.2, 0.25) is 0 Å². The van der Waals surface area contributed by atoms with Crippen molar-refractivity contribution < 1.29 is 67.1 Å². The Balaban J connectivity index is 0.00000450. The van der Waals surface area contributed by atoms with Gasteiger partial charge in [0.2, 0.25) is 5.91 Å². The van der Waals surface area contributed by atoms with Crippen LogP contribution in [0.15, 0.2) is 60.7 Å². The van der Waals surface area contributed by atoms with Crippen molar-refractivity contribution in [3.8, 4) is 0 Å². The number of hydrogen-bond acceptors (Lipinski definition) is 6. The van der Waals surface area contributed by atoms with Gasteiger partial charge in [-0.25, -0.2) is 0 Å². The van der Waals surface area contributed by atoms with Gasteiger partial charge in [0.15, 0.2) is 5.78 Å². The molecule has 31 heavy (non-hydrogen) atoms. The monoisotopic (exact) mass is 409 g/mol. The summed E-state index contributed by atoms with van der Waals surface area (Å²) in [5, 5.41) is 24.4. The maximum absolute atomic E-state index is 12.2. The van der Waals surface area contributed by atoms with Gasteiger partial charge in [0, 0.05) is 37.2 Å². The van der Waals surface area contributed by atoms with Gasteiger partial charge >= 0.3 is 37.7 Å². The maximum Gasteiger partial charge on any atom is 1.00 e. The van der Waals surface area contributed by atoms with Gasteiger partial charge in [-0.1, -0.05) is 60.7 Å². The standard InChI is InChI=1S/C22H23NO6.2Li/c24-19(22(28)29)13-17(21(26)27)11-12-20(25)23-14-18(15-7-3-1-4-8-15)16-9-5-2-6-10-16;;/h1-10,17-18H,11-14H2,(H,23,25)(H,26,27)(H,28,29);;/q;2*+1/p-2. The van der Waals surface area contributed by atoms with Crippen LogP contribution in [0.1, 0.15) is 36.3 Å². The molecule has 1 N–H and O–H groups in total. The number of hydrogen-bond donors (Lipinski definition) is 1. The van der Waals surface area contributed by atoms with E-state index in [1.807, 2.05) is 60.7 Å². The molecule has 0 aliphatic rings. The van der Waals surface area contributed by atoms with Crippen molar-refractivity contribution in [1.82, 2.24) is 5.32 Å². The molecule has 0 aromatic heterocycles. The van der Waals surface area contributed by atoms with Gasteiger partial charge in [0.25, 0.3) is 0 Å². The predicted octanol–water partition coefficient (Wildman–Crippen LogP) is -6.20. The molecule has 7 nitrogen and oxygen atoms in total. The zero-order chi connectivity index (χ0) is 21.2. The van der Waals surface area contributed by atoms with Crippen LogP contribution >= 0.6 is 0 Å². The maximum atomic E-state index is 12.2. The summed E-state index contributed by atoms with van der Waals surface area (Å²) in [5.74, 6) is -6.68. The molecule has 0 fully saturated rings. The first-order valence-corrected chi connectivity index (χ1v) is 9.20. The second-order valence-corrected chi connectivity index (χ2v) is 6.65. The number of carboxylic acid groups (broad SMARTS) is 2. The van der Waals surface area contributed by atoms with Crippen molar-refractivity contribution in [2.45, 2.75) is 25.2 Å². The minimum absolute atomic E-state index is 0. The Morgan fingerprint density at radius 1 is 0.806 bits per heavy atom. The van der Waals surface area contributed by atoms with E-state index in [4.69, 9.17) is 0 Å². The third kappa shape index (κ3) is 9.59. The predicted molar refractivity (Wildman–Crippen MR) is 100 cm³/mol. The number of benzene rings is 2. The first-order valence-electron chi connectivity index (χ1n) is 9.20. The van der Waals surface area contributed by atoms with Gasteiger partial charge in [-0.2, -0.15) is 0 Å². The van der Waals surface area contributed by atoms with E-state index in [2.05, 4.69) is 5.32 Å². The number of nitrogens with one attached hydrogen (secondary N) is 1. The summed E-state index contributed by atoms with van der Waals surface area (Å²) in [6.07, 6.45) is -1.13. The fourth-order valence-corrected chi connectivity index (χ4v) is 3.02. The van der Waals surface area contributed by atoms with E-state index in [0.29, 0.717) is 6.54 Å². The second kappa shape index (κ2) is 14.7. The van der Waals surface area contributed by atoms with E-state index in [9.17, 15) is 29.4 Å². The molecule has 0 saturated carbocycles. The van der Waals surface area contributed by atoms with E-state index in [0.717, 1.165) is 11.1 Å². The van der Waals surface area contributed by atoms with Gasteiger partial charge in [-0.15, -0.1) is 0 Å². The van der Waals surface area contributed by atoms with Crippen molar-refractivity contribution in [2.75, 3.05) is 6.54 Å². The van der Waals surface area contributed by atoms with Gasteiger partial charge < -0.3 is 25.1 Å². The first-order chi connectivity index (χ1) is 13.9. The van der Waals surface area contributed by atoms with Crippen LogP contribution in [0.25, 0.3) is 0 Å². The average molecular weight is 409 g/mol. The quantitative estimate of drug-likeness (QED) is 0.291. The van der Waals surface area contributed by atoms with Crippen molar-refractivity contribution in [3.05, 3.63) is 71.8 Å². The smallest absolute Gasteiger partial charge is 0.550 e. The molecule has 2 rings (SSSR count). The largest absolute Gasteiger partial charge is 1.00 e. The van der Waals surface area contributed by atoms with Gasteiger partial charge in [0.1, 0.15) is 5.97 Å². The Kier molecular flexibility index (Phi) is 13.6. The minimum Gasteiger partial charge on any atom is -0.550 e. The fraction of sp³-hybridized carbons (Fsp3) is 0.273. The van der Waals surface area contributed by atoms with Crippen molar-refractivity contribution in [1.29, 1.82) is 0 Å². The summed E-state index contributed by atoms with van der Waals surface area (Å²) in [6, 6.07) is 19.3. The second-order valence-electron chi connectivity index (χ2n) is 6.65. The van der Waals surface area contributed by atoms with Gasteiger partial charge in [0.05, 0.1) is 0 Å². The summed E-state index contributed by atoms with van der Waals surface area (Å²) < 4.78 is 0. The van der Waals surface area contributed by atoms with Crippen molar-refractivity contribution in [3.63, 3.8) is 0 Å². The van der Waals surface area contributed by atoms with Gasteiger partial charge in [-0.05, 0) is 17.5 Å². The molecule has 9 heteroatoms. The zero-order valence-corrected chi connectivity index (χ0v) is 17.7. The van der Waals surface area contributed by atoms with E-state index in [1.165, 1.54) is 0 Å². The Bertz CT molecular complexity index is 821. The van der Waals surface area contributed by atoms with E-state index in [1.54, 1.807) is 0 Å². The summed E-state index contributed by atoms with van der Waals surface area (Å²) in [5.41, 5.74) is 2.04. The fourth-order valence-electron chi connectivity index (χ4n) is 3.02. The molecular formula is C22H21Li2NO6. The molecule has 2 aromatic carbocycles. The zero-order valence-electron chi connectivity index (χ0n) is 17.7. The number of rotatable bonds is 11. The van der Waals surface area contributed by atoms with E-state index < -0.39 is 36.0 Å². The van der Waals surface area contributed by atoms with E-state index >= 15 is 0 Å². The molecule has 1 atom stereocenters. The molecule has 0 aliphatic carbocycles. The average Bonchev–Trinajstić information content (AvgIpc) is 2.72. The molecule has 1 amide bonds. The first kappa shape index (κ1) is 28.7. The van der Waals surface area contributed by atoms with Crippen molar-refractivity contribution in [2.24, 2.45) is 5.92 Å². The molecule has 0 spiro atoms. The van der Waals surface area contributed by atoms with Crippen LogP contribution in [-0.4, -0.2) is 30.2 Å². The van der Waals surface area contributed by atoms with Crippen LogP contribution < -0.4 is 53.3 Å². The normalized spacial score (nSPS) is 10.9. The molecular weight excluding hydrogens is 388 g/mol. The Morgan fingerprint density at radius 3 is 1.71 bits per heavy atom. The Hall–Kier alpha value is -2.29. The molecule has 2 aromatic rings. The number of carbonyl (C=O) groups is 4. The number of Topliss-reactive ketones (excluding diaryl/α,β-unsaturated/α-hetero) is 1. The number of ketones is 1. The third-order valence-electron chi connectivity index (χ3n) is 4.62. The van der Waals surface area contributed by atoms with Crippen molar-refractivity contribution >= 4 is 23.6 Å². The number of aliphatic carboxylic acids is 2. The van der Waals surface area contributed by atoms with Gasteiger partial charge in [-0.3, -0.25) is 9.59 Å². The van der Waals surface area contributed by atoms with Crippen LogP contribution in [0.4, 0.5) is 0 Å². The van der Waals surface area contributed by atoms with E-state index in [-0.39, 0.29) is 56.5 Å². The number of carbonyl (C=O) groups excluding carboxylic acids is 4. The summed E-state index contributed by atoms with van der Waals surface area (Å²) in [7, 11) is 0. The summed E-state index contributed by atoms with van der Waals surface area (Å²) >= 11 is 0. The van der Waals surface area contributed by atoms with Crippen LogP contribution in [-0.2, 0) is 19.2 Å². The Labute approximate surface area is 205 Å². The van der Waals surface area contributed by atoms with Crippen LogP contribution in [0, 0.1) is 5.92 Å². The number of amides is 1. The summed E-state index contributed by atoms with van der Waals surface area (Å²) in [4.78, 5) is 45.0. The number of carboxylic acids is 2.